The second-order valence-electron chi connectivity index (χ2n) is 6.66. The zero-order valence-corrected chi connectivity index (χ0v) is 18.0. The fraction of sp³-hybridized carbons (Fsp3) is 0.318. The molecule has 0 saturated carbocycles. The summed E-state index contributed by atoms with van der Waals surface area (Å²) in [7, 11) is 1.74. The number of fused-ring (bicyclic) bond motifs is 1. The molecule has 1 heterocycles. The van der Waals surface area contributed by atoms with Crippen molar-refractivity contribution in [3.63, 3.8) is 0 Å². The van der Waals surface area contributed by atoms with E-state index in [4.69, 9.17) is 4.74 Å². The summed E-state index contributed by atoms with van der Waals surface area (Å²) in [6, 6.07) is 14.6. The van der Waals surface area contributed by atoms with Crippen molar-refractivity contribution in [1.29, 1.82) is 0 Å². The third-order valence-electron chi connectivity index (χ3n) is 4.50. The van der Waals surface area contributed by atoms with Gasteiger partial charge in [-0.15, -0.1) is 11.3 Å². The quantitative estimate of drug-likeness (QED) is 0.362. The number of nitrogens with zero attached hydrogens (tertiary/aromatic N) is 2. The molecular formula is C22H26N4O2S. The molecule has 1 unspecified atom stereocenters. The van der Waals surface area contributed by atoms with Gasteiger partial charge in [-0.25, -0.2) is 9.78 Å². The third-order valence-corrected chi connectivity index (χ3v) is 5.82. The van der Waals surface area contributed by atoms with Gasteiger partial charge in [0.25, 0.3) is 0 Å². The molecule has 29 heavy (non-hydrogen) atoms. The molecular weight excluding hydrogens is 384 g/mol. The van der Waals surface area contributed by atoms with Crippen LogP contribution in [0, 0.1) is 6.92 Å². The summed E-state index contributed by atoms with van der Waals surface area (Å²) in [5, 5.41) is 9.94. The molecule has 0 amide bonds. The Kier molecular flexibility index (Phi) is 6.82. The lowest BCUT2D eigenvalue weighted by Gasteiger charge is -2.16. The van der Waals surface area contributed by atoms with Gasteiger partial charge in [-0.1, -0.05) is 36.4 Å². The summed E-state index contributed by atoms with van der Waals surface area (Å²) in [6.07, 6.45) is 0. The molecule has 7 heteroatoms. The number of hydrogen-bond acceptors (Lipinski definition) is 5. The van der Waals surface area contributed by atoms with Gasteiger partial charge in [0.1, 0.15) is 9.88 Å². The van der Waals surface area contributed by atoms with Crippen molar-refractivity contribution < 1.29 is 9.53 Å². The van der Waals surface area contributed by atoms with Crippen molar-refractivity contribution in [2.45, 2.75) is 33.4 Å². The fourth-order valence-electron chi connectivity index (χ4n) is 2.98. The normalized spacial score (nSPS) is 12.6. The van der Waals surface area contributed by atoms with Crippen LogP contribution in [-0.4, -0.2) is 30.6 Å². The van der Waals surface area contributed by atoms with E-state index >= 15 is 0 Å². The van der Waals surface area contributed by atoms with Gasteiger partial charge < -0.3 is 15.4 Å². The van der Waals surface area contributed by atoms with E-state index in [-0.39, 0.29) is 12.0 Å². The Morgan fingerprint density at radius 1 is 1.24 bits per heavy atom. The minimum Gasteiger partial charge on any atom is -0.462 e. The van der Waals surface area contributed by atoms with Crippen LogP contribution in [0.5, 0.6) is 0 Å². The lowest BCUT2D eigenvalue weighted by molar-refractivity contribution is 0.0531. The number of thiazole rings is 1. The van der Waals surface area contributed by atoms with E-state index in [1.54, 1.807) is 14.0 Å². The maximum Gasteiger partial charge on any atom is 0.350 e. The Hall–Kier alpha value is -2.93. The fourth-order valence-corrected chi connectivity index (χ4v) is 3.95. The maximum absolute atomic E-state index is 12.0. The van der Waals surface area contributed by atoms with Gasteiger partial charge in [0.2, 0.25) is 0 Å². The number of hydrogen-bond donors (Lipinski definition) is 2. The van der Waals surface area contributed by atoms with E-state index in [1.807, 2.05) is 26.0 Å². The highest BCUT2D eigenvalue weighted by Crippen LogP contribution is 2.24. The topological polar surface area (TPSA) is 75.6 Å². The Labute approximate surface area is 175 Å². The van der Waals surface area contributed by atoms with Crippen molar-refractivity contribution in [3.05, 3.63) is 63.6 Å². The van der Waals surface area contributed by atoms with Gasteiger partial charge in [-0.2, -0.15) is 0 Å². The Bertz CT molecular complexity index is 1030. The van der Waals surface area contributed by atoms with Crippen LogP contribution in [0.15, 0.2) is 47.5 Å². The molecule has 0 bridgehead atoms. The minimum atomic E-state index is -0.320. The first-order chi connectivity index (χ1) is 14.0. The Balaban J connectivity index is 1.63. The van der Waals surface area contributed by atoms with E-state index in [1.165, 1.54) is 27.7 Å². The minimum absolute atomic E-state index is 0.0929. The predicted molar refractivity (Wildman–Crippen MR) is 119 cm³/mol. The first-order valence-corrected chi connectivity index (χ1v) is 10.4. The average molecular weight is 411 g/mol. The highest BCUT2D eigenvalue weighted by molar-refractivity contribution is 7.13. The van der Waals surface area contributed by atoms with E-state index in [0.29, 0.717) is 29.7 Å². The number of guanidine groups is 1. The monoisotopic (exact) mass is 410 g/mol. The average Bonchev–Trinajstić information content (AvgIpc) is 3.13. The smallest absolute Gasteiger partial charge is 0.350 e. The van der Waals surface area contributed by atoms with Crippen LogP contribution in [0.3, 0.4) is 0 Å². The van der Waals surface area contributed by atoms with Crippen molar-refractivity contribution >= 4 is 34.0 Å². The molecule has 0 radical (unpaired) electrons. The van der Waals surface area contributed by atoms with E-state index < -0.39 is 0 Å². The molecule has 2 aromatic carbocycles. The summed E-state index contributed by atoms with van der Waals surface area (Å²) in [4.78, 5) is 21.4. The molecule has 152 valence electrons. The highest BCUT2D eigenvalue weighted by Gasteiger charge is 2.20. The first-order valence-electron chi connectivity index (χ1n) is 9.61. The summed E-state index contributed by atoms with van der Waals surface area (Å²) in [5.74, 6) is 0.357. The number of ether oxygens (including phenoxy) is 1. The van der Waals surface area contributed by atoms with Crippen molar-refractivity contribution in [3.8, 4) is 0 Å². The number of aliphatic imine (C=N–C) groups is 1. The first kappa shape index (κ1) is 20.8. The second kappa shape index (κ2) is 9.52. The lowest BCUT2D eigenvalue weighted by Crippen LogP contribution is -2.38. The van der Waals surface area contributed by atoms with Gasteiger partial charge >= 0.3 is 5.97 Å². The number of esters is 1. The van der Waals surface area contributed by atoms with Gasteiger partial charge in [-0.05, 0) is 43.2 Å². The Morgan fingerprint density at radius 2 is 2.00 bits per heavy atom. The largest absolute Gasteiger partial charge is 0.462 e. The maximum atomic E-state index is 12.0. The van der Waals surface area contributed by atoms with Gasteiger partial charge in [0.15, 0.2) is 5.96 Å². The van der Waals surface area contributed by atoms with E-state index in [2.05, 4.69) is 50.9 Å². The molecule has 2 N–H and O–H groups in total. The molecule has 6 nitrogen and oxygen atoms in total. The number of nitrogens with one attached hydrogen (secondary N) is 2. The second-order valence-corrected chi connectivity index (χ2v) is 7.69. The van der Waals surface area contributed by atoms with Crippen molar-refractivity contribution in [2.75, 3.05) is 13.7 Å². The van der Waals surface area contributed by atoms with Crippen LogP contribution in [0.1, 0.15) is 45.8 Å². The van der Waals surface area contributed by atoms with E-state index in [9.17, 15) is 4.79 Å². The van der Waals surface area contributed by atoms with Gasteiger partial charge in [0, 0.05) is 13.6 Å². The SMILES string of the molecule is CCOC(=O)c1sc(C(C)NC(=NC)NCc2ccc3ccccc3c2)nc1C. The number of benzene rings is 2. The molecule has 3 aromatic rings. The summed E-state index contributed by atoms with van der Waals surface area (Å²) in [5.41, 5.74) is 1.87. The van der Waals surface area contributed by atoms with Crippen molar-refractivity contribution in [1.82, 2.24) is 15.6 Å². The number of aromatic nitrogens is 1. The molecule has 0 aliphatic heterocycles. The molecule has 0 fully saturated rings. The Morgan fingerprint density at radius 3 is 2.72 bits per heavy atom. The number of carbonyl (C=O) groups excluding carboxylic acids is 1. The lowest BCUT2D eigenvalue weighted by atomic mass is 10.1. The number of aryl methyl sites for hydroxylation is 1. The number of carbonyl (C=O) groups is 1. The van der Waals surface area contributed by atoms with Gasteiger partial charge in [-0.3, -0.25) is 4.99 Å². The molecule has 0 spiro atoms. The summed E-state index contributed by atoms with van der Waals surface area (Å²) >= 11 is 1.35. The highest BCUT2D eigenvalue weighted by atomic mass is 32.1. The van der Waals surface area contributed by atoms with Crippen LogP contribution in [0.2, 0.25) is 0 Å². The summed E-state index contributed by atoms with van der Waals surface area (Å²) in [6.45, 7) is 6.62. The predicted octanol–water partition coefficient (Wildman–Crippen LogP) is 4.21. The molecule has 3 rings (SSSR count). The standard InChI is InChI=1S/C22H26N4O2S/c1-5-28-21(27)19-14(2)25-20(29-19)15(3)26-22(23-4)24-13-16-10-11-17-8-6-7-9-18(17)12-16/h6-12,15H,5,13H2,1-4H3,(H2,23,24,26). The third kappa shape index (κ3) is 5.12. The zero-order valence-electron chi connectivity index (χ0n) is 17.2. The molecule has 0 aliphatic carbocycles. The summed E-state index contributed by atoms with van der Waals surface area (Å²) < 4.78 is 5.10. The molecule has 0 aliphatic rings. The molecule has 1 atom stereocenters. The zero-order chi connectivity index (χ0) is 20.8. The molecule has 1 aromatic heterocycles. The van der Waals surface area contributed by atoms with Crippen LogP contribution >= 0.6 is 11.3 Å². The number of rotatable bonds is 6. The van der Waals surface area contributed by atoms with Crippen LogP contribution in [0.4, 0.5) is 0 Å². The van der Waals surface area contributed by atoms with Gasteiger partial charge in [0.05, 0.1) is 18.3 Å². The van der Waals surface area contributed by atoms with E-state index in [0.717, 1.165) is 5.01 Å². The van der Waals surface area contributed by atoms with Crippen molar-refractivity contribution in [2.24, 2.45) is 4.99 Å². The molecule has 0 saturated heterocycles. The van der Waals surface area contributed by atoms with Crippen LogP contribution in [0.25, 0.3) is 10.8 Å². The van der Waals surface area contributed by atoms with Crippen LogP contribution < -0.4 is 10.6 Å². The van der Waals surface area contributed by atoms with Crippen LogP contribution in [-0.2, 0) is 11.3 Å².